The fourth-order valence-electron chi connectivity index (χ4n) is 2.47. The number of rotatable bonds is 5. The Kier molecular flexibility index (Phi) is 5.52. The molecule has 0 atom stereocenters. The molecule has 3 rings (SSSR count). The Balaban J connectivity index is 1.71. The van der Waals surface area contributed by atoms with Crippen LogP contribution < -0.4 is 4.74 Å². The first-order chi connectivity index (χ1) is 12.1. The van der Waals surface area contributed by atoms with Gasteiger partial charge in [0.1, 0.15) is 12.4 Å². The van der Waals surface area contributed by atoms with Crippen LogP contribution in [0.5, 0.6) is 5.75 Å². The lowest BCUT2D eigenvalue weighted by Crippen LogP contribution is -1.96. The van der Waals surface area contributed by atoms with E-state index in [0.717, 1.165) is 16.8 Å². The van der Waals surface area contributed by atoms with Crippen molar-refractivity contribution in [1.82, 2.24) is 0 Å². The molecule has 0 N–H and O–H groups in total. The Morgan fingerprint density at radius 3 is 2.52 bits per heavy atom. The first-order valence-electron chi connectivity index (χ1n) is 8.20. The van der Waals surface area contributed by atoms with Crippen molar-refractivity contribution in [3.63, 3.8) is 0 Å². The molecule has 3 aromatic carbocycles. The van der Waals surface area contributed by atoms with Gasteiger partial charge in [-0.1, -0.05) is 54.1 Å². The zero-order chi connectivity index (χ0) is 17.6. The van der Waals surface area contributed by atoms with Gasteiger partial charge in [-0.15, -0.1) is 0 Å². The molecule has 0 spiro atoms. The molecule has 0 saturated heterocycles. The fourth-order valence-corrected chi connectivity index (χ4v) is 2.71. The maximum absolute atomic E-state index is 6.35. The summed E-state index contributed by atoms with van der Waals surface area (Å²) in [6.07, 6.45) is 1.83. The fraction of sp³-hybridized carbons (Fsp3) is 0.136. The molecule has 0 saturated carbocycles. The van der Waals surface area contributed by atoms with E-state index >= 15 is 0 Å². The predicted molar refractivity (Wildman–Crippen MR) is 105 cm³/mol. The van der Waals surface area contributed by atoms with Gasteiger partial charge in [0, 0.05) is 6.21 Å². The Morgan fingerprint density at radius 1 is 0.960 bits per heavy atom. The molecule has 0 radical (unpaired) electrons. The van der Waals surface area contributed by atoms with E-state index in [9.17, 15) is 0 Å². The van der Waals surface area contributed by atoms with Crippen LogP contribution in [0.1, 0.15) is 22.3 Å². The highest BCUT2D eigenvalue weighted by Crippen LogP contribution is 2.26. The smallest absolute Gasteiger partial charge is 0.138 e. The Hall–Kier alpha value is -2.58. The molecule has 0 heterocycles. The van der Waals surface area contributed by atoms with Gasteiger partial charge in [0.2, 0.25) is 0 Å². The topological polar surface area (TPSA) is 21.6 Å². The van der Waals surface area contributed by atoms with E-state index in [-0.39, 0.29) is 0 Å². The second-order valence-electron chi connectivity index (χ2n) is 5.94. The summed E-state index contributed by atoms with van der Waals surface area (Å²) in [6.45, 7) is 4.66. The molecule has 0 aliphatic carbocycles. The van der Waals surface area contributed by atoms with Crippen LogP contribution in [-0.4, -0.2) is 6.21 Å². The van der Waals surface area contributed by atoms with E-state index in [4.69, 9.17) is 16.3 Å². The van der Waals surface area contributed by atoms with Crippen molar-refractivity contribution in [2.75, 3.05) is 0 Å². The lowest BCUT2D eigenvalue weighted by Gasteiger charge is -2.08. The molecule has 0 bridgehead atoms. The minimum absolute atomic E-state index is 0.497. The molecule has 0 aliphatic heterocycles. The third kappa shape index (κ3) is 4.49. The summed E-state index contributed by atoms with van der Waals surface area (Å²) in [4.78, 5) is 4.58. The molecule has 0 aromatic heterocycles. The summed E-state index contributed by atoms with van der Waals surface area (Å²) in [7, 11) is 0. The van der Waals surface area contributed by atoms with Crippen LogP contribution in [0.15, 0.2) is 71.7 Å². The SMILES string of the molecule is Cc1cccc(N=Cc2ccc(OCc3ccccc3)c(Cl)c2)c1C. The summed E-state index contributed by atoms with van der Waals surface area (Å²) < 4.78 is 5.80. The zero-order valence-corrected chi connectivity index (χ0v) is 15.1. The van der Waals surface area contributed by atoms with Crippen molar-refractivity contribution in [2.24, 2.45) is 4.99 Å². The summed E-state index contributed by atoms with van der Waals surface area (Å²) in [5.74, 6) is 0.675. The average Bonchev–Trinajstić information content (AvgIpc) is 2.63. The number of halogens is 1. The van der Waals surface area contributed by atoms with Crippen LogP contribution in [0.3, 0.4) is 0 Å². The third-order valence-electron chi connectivity index (χ3n) is 4.12. The number of benzene rings is 3. The molecular weight excluding hydrogens is 330 g/mol. The average molecular weight is 350 g/mol. The standard InChI is InChI=1S/C22H20ClNO/c1-16-7-6-10-21(17(16)2)24-14-19-11-12-22(20(23)13-19)25-15-18-8-4-3-5-9-18/h3-14H,15H2,1-2H3. The normalized spacial score (nSPS) is 11.0. The van der Waals surface area contributed by atoms with Crippen molar-refractivity contribution in [2.45, 2.75) is 20.5 Å². The van der Waals surface area contributed by atoms with Crippen molar-refractivity contribution < 1.29 is 4.74 Å². The molecule has 3 heteroatoms. The van der Waals surface area contributed by atoms with Gasteiger partial charge in [-0.2, -0.15) is 0 Å². The Morgan fingerprint density at radius 2 is 1.76 bits per heavy atom. The third-order valence-corrected chi connectivity index (χ3v) is 4.42. The summed E-state index contributed by atoms with van der Waals surface area (Å²) in [5.41, 5.74) is 5.45. The van der Waals surface area contributed by atoms with Gasteiger partial charge in [0.05, 0.1) is 10.7 Å². The maximum Gasteiger partial charge on any atom is 0.138 e. The first-order valence-corrected chi connectivity index (χ1v) is 8.58. The number of hydrogen-bond donors (Lipinski definition) is 0. The summed E-state index contributed by atoms with van der Waals surface area (Å²) >= 11 is 6.35. The van der Waals surface area contributed by atoms with Gasteiger partial charge in [-0.25, -0.2) is 0 Å². The van der Waals surface area contributed by atoms with E-state index in [0.29, 0.717) is 17.4 Å². The Labute approximate surface area is 153 Å². The lowest BCUT2D eigenvalue weighted by atomic mass is 10.1. The van der Waals surface area contributed by atoms with Gasteiger partial charge < -0.3 is 4.74 Å². The van der Waals surface area contributed by atoms with Gasteiger partial charge in [0.25, 0.3) is 0 Å². The number of aliphatic imine (C=N–C) groups is 1. The zero-order valence-electron chi connectivity index (χ0n) is 14.4. The second-order valence-corrected chi connectivity index (χ2v) is 6.35. The molecular formula is C22H20ClNO. The molecule has 126 valence electrons. The van der Waals surface area contributed by atoms with Gasteiger partial charge >= 0.3 is 0 Å². The molecule has 0 aliphatic rings. The number of hydrogen-bond acceptors (Lipinski definition) is 2. The van der Waals surface area contributed by atoms with Crippen molar-refractivity contribution in [3.05, 3.63) is 94.0 Å². The minimum atomic E-state index is 0.497. The molecule has 3 aromatic rings. The highest BCUT2D eigenvalue weighted by atomic mass is 35.5. The van der Waals surface area contributed by atoms with Crippen molar-refractivity contribution >= 4 is 23.5 Å². The van der Waals surface area contributed by atoms with Crippen LogP contribution in [0, 0.1) is 13.8 Å². The van der Waals surface area contributed by atoms with E-state index in [1.807, 2.05) is 66.9 Å². The van der Waals surface area contributed by atoms with Crippen molar-refractivity contribution in [1.29, 1.82) is 0 Å². The summed E-state index contributed by atoms with van der Waals surface area (Å²) in [6, 6.07) is 21.9. The first kappa shape index (κ1) is 17.2. The molecule has 0 unspecified atom stereocenters. The quantitative estimate of drug-likeness (QED) is 0.496. The second kappa shape index (κ2) is 8.00. The van der Waals surface area contributed by atoms with E-state index in [2.05, 4.69) is 24.9 Å². The highest BCUT2D eigenvalue weighted by Gasteiger charge is 2.03. The van der Waals surface area contributed by atoms with Crippen LogP contribution in [0.25, 0.3) is 0 Å². The van der Waals surface area contributed by atoms with Crippen LogP contribution >= 0.6 is 11.6 Å². The maximum atomic E-state index is 6.35. The van der Waals surface area contributed by atoms with Crippen LogP contribution in [-0.2, 0) is 6.61 Å². The Bertz CT molecular complexity index is 888. The van der Waals surface area contributed by atoms with Gasteiger partial charge in [-0.05, 0) is 60.4 Å². The monoisotopic (exact) mass is 349 g/mol. The highest BCUT2D eigenvalue weighted by molar-refractivity contribution is 6.32. The molecule has 0 fully saturated rings. The number of aryl methyl sites for hydroxylation is 1. The number of nitrogens with zero attached hydrogens (tertiary/aromatic N) is 1. The van der Waals surface area contributed by atoms with E-state index < -0.39 is 0 Å². The van der Waals surface area contributed by atoms with Crippen LogP contribution in [0.2, 0.25) is 5.02 Å². The van der Waals surface area contributed by atoms with Crippen molar-refractivity contribution in [3.8, 4) is 5.75 Å². The lowest BCUT2D eigenvalue weighted by molar-refractivity contribution is 0.306. The van der Waals surface area contributed by atoms with E-state index in [1.54, 1.807) is 0 Å². The largest absolute Gasteiger partial charge is 0.487 e. The number of ether oxygens (including phenoxy) is 1. The molecule has 2 nitrogen and oxygen atoms in total. The van der Waals surface area contributed by atoms with Crippen LogP contribution in [0.4, 0.5) is 5.69 Å². The minimum Gasteiger partial charge on any atom is -0.487 e. The summed E-state index contributed by atoms with van der Waals surface area (Å²) in [5, 5.41) is 0.584. The van der Waals surface area contributed by atoms with Gasteiger partial charge in [0.15, 0.2) is 0 Å². The van der Waals surface area contributed by atoms with Gasteiger partial charge in [-0.3, -0.25) is 4.99 Å². The molecule has 25 heavy (non-hydrogen) atoms. The van der Waals surface area contributed by atoms with E-state index in [1.165, 1.54) is 11.1 Å². The predicted octanol–water partition coefficient (Wildman–Crippen LogP) is 6.29. The molecule has 0 amide bonds.